The Morgan fingerprint density at radius 1 is 1.12 bits per heavy atom. The first kappa shape index (κ1) is 17.7. The molecule has 0 fully saturated rings. The number of hydrogen-bond acceptors (Lipinski definition) is 4. The lowest BCUT2D eigenvalue weighted by atomic mass is 10.1. The lowest BCUT2D eigenvalue weighted by Crippen LogP contribution is -2.14. The van der Waals surface area contributed by atoms with Crippen molar-refractivity contribution in [1.82, 2.24) is 4.90 Å². The maximum Gasteiger partial charge on any atom is 0.142 e. The molecule has 0 amide bonds. The van der Waals surface area contributed by atoms with Crippen LogP contribution in [-0.2, 0) is 0 Å². The van der Waals surface area contributed by atoms with Gasteiger partial charge in [-0.1, -0.05) is 12.1 Å². The Kier molecular flexibility index (Phi) is 6.07. The van der Waals surface area contributed by atoms with Crippen LogP contribution < -0.4 is 14.8 Å². The SMILES string of the molecule is CCN(C)C=Nc1cc(OC)cc(Nc2ccccc2OC)c1C. The van der Waals surface area contributed by atoms with Crippen molar-refractivity contribution < 1.29 is 9.47 Å². The molecule has 2 aromatic carbocycles. The fourth-order valence-corrected chi connectivity index (χ4v) is 2.19. The van der Waals surface area contributed by atoms with Crippen molar-refractivity contribution in [1.29, 1.82) is 0 Å². The summed E-state index contributed by atoms with van der Waals surface area (Å²) < 4.78 is 10.8. The number of nitrogens with zero attached hydrogens (tertiary/aromatic N) is 2. The maximum atomic E-state index is 5.42. The summed E-state index contributed by atoms with van der Waals surface area (Å²) in [5, 5.41) is 3.42. The summed E-state index contributed by atoms with van der Waals surface area (Å²) in [6.45, 7) is 5.02. The van der Waals surface area contributed by atoms with Crippen LogP contribution in [0.3, 0.4) is 0 Å². The molecule has 128 valence electrons. The van der Waals surface area contributed by atoms with Crippen molar-refractivity contribution in [3.63, 3.8) is 0 Å². The Balaban J connectivity index is 2.40. The van der Waals surface area contributed by atoms with E-state index in [1.165, 1.54) is 0 Å². The van der Waals surface area contributed by atoms with Gasteiger partial charge < -0.3 is 19.7 Å². The Labute approximate surface area is 143 Å². The zero-order valence-corrected chi connectivity index (χ0v) is 15.0. The van der Waals surface area contributed by atoms with Crippen molar-refractivity contribution >= 4 is 23.4 Å². The van der Waals surface area contributed by atoms with Crippen LogP contribution in [0.15, 0.2) is 41.4 Å². The molecule has 0 aromatic heterocycles. The van der Waals surface area contributed by atoms with Gasteiger partial charge in [-0.05, 0) is 31.5 Å². The molecule has 24 heavy (non-hydrogen) atoms. The number of methoxy groups -OCH3 is 2. The molecule has 0 heterocycles. The molecule has 0 aliphatic rings. The highest BCUT2D eigenvalue weighted by molar-refractivity contribution is 5.76. The number of para-hydroxylation sites is 2. The van der Waals surface area contributed by atoms with Crippen LogP contribution in [0.5, 0.6) is 11.5 Å². The molecule has 2 rings (SSSR count). The summed E-state index contributed by atoms with van der Waals surface area (Å²) in [5.74, 6) is 1.54. The van der Waals surface area contributed by atoms with Crippen molar-refractivity contribution in [2.45, 2.75) is 13.8 Å². The molecule has 0 unspecified atom stereocenters. The normalized spacial score (nSPS) is 10.7. The summed E-state index contributed by atoms with van der Waals surface area (Å²) in [4.78, 5) is 6.60. The molecule has 0 radical (unpaired) electrons. The third-order valence-electron chi connectivity index (χ3n) is 3.86. The van der Waals surface area contributed by atoms with Gasteiger partial charge >= 0.3 is 0 Å². The van der Waals surface area contributed by atoms with Crippen LogP contribution in [0.2, 0.25) is 0 Å². The zero-order valence-electron chi connectivity index (χ0n) is 15.0. The van der Waals surface area contributed by atoms with Crippen LogP contribution >= 0.6 is 0 Å². The minimum absolute atomic E-state index is 0.754. The van der Waals surface area contributed by atoms with Gasteiger partial charge in [0.15, 0.2) is 0 Å². The second-order valence-electron chi connectivity index (χ2n) is 5.46. The predicted octanol–water partition coefficient (Wildman–Crippen LogP) is 4.37. The monoisotopic (exact) mass is 327 g/mol. The van der Waals surface area contributed by atoms with Gasteiger partial charge in [-0.2, -0.15) is 0 Å². The van der Waals surface area contributed by atoms with Gasteiger partial charge in [-0.25, -0.2) is 4.99 Å². The highest BCUT2D eigenvalue weighted by Crippen LogP contribution is 2.35. The van der Waals surface area contributed by atoms with Crippen LogP contribution in [0.1, 0.15) is 12.5 Å². The lowest BCUT2D eigenvalue weighted by molar-refractivity contribution is 0.414. The predicted molar refractivity (Wildman–Crippen MR) is 100 cm³/mol. The van der Waals surface area contributed by atoms with E-state index >= 15 is 0 Å². The van der Waals surface area contributed by atoms with Gasteiger partial charge in [0, 0.05) is 31.4 Å². The number of aliphatic imine (C=N–C) groups is 1. The molecule has 1 N–H and O–H groups in total. The molecule has 5 nitrogen and oxygen atoms in total. The van der Waals surface area contributed by atoms with E-state index in [1.807, 2.05) is 61.6 Å². The van der Waals surface area contributed by atoms with E-state index < -0.39 is 0 Å². The van der Waals surface area contributed by atoms with Gasteiger partial charge in [0.25, 0.3) is 0 Å². The summed E-state index contributed by atoms with van der Waals surface area (Å²) in [7, 11) is 5.31. The fourth-order valence-electron chi connectivity index (χ4n) is 2.19. The molecule has 0 saturated carbocycles. The Morgan fingerprint density at radius 3 is 2.54 bits per heavy atom. The van der Waals surface area contributed by atoms with Gasteiger partial charge in [0.2, 0.25) is 0 Å². The lowest BCUT2D eigenvalue weighted by Gasteiger charge is -2.16. The minimum atomic E-state index is 0.754. The van der Waals surface area contributed by atoms with Crippen LogP contribution in [-0.4, -0.2) is 39.1 Å². The number of hydrogen-bond donors (Lipinski definition) is 1. The van der Waals surface area contributed by atoms with Crippen molar-refractivity contribution in [3.05, 3.63) is 42.0 Å². The molecular formula is C19H25N3O2. The topological polar surface area (TPSA) is 46.1 Å². The molecule has 0 bridgehead atoms. The fraction of sp³-hybridized carbons (Fsp3) is 0.316. The van der Waals surface area contributed by atoms with E-state index in [0.29, 0.717) is 0 Å². The molecule has 0 spiro atoms. The van der Waals surface area contributed by atoms with E-state index in [9.17, 15) is 0 Å². The van der Waals surface area contributed by atoms with Crippen LogP contribution in [0, 0.1) is 6.92 Å². The van der Waals surface area contributed by atoms with E-state index in [1.54, 1.807) is 14.2 Å². The number of anilines is 2. The maximum absolute atomic E-state index is 5.42. The average Bonchev–Trinajstić information content (AvgIpc) is 2.62. The third-order valence-corrected chi connectivity index (χ3v) is 3.86. The number of nitrogens with one attached hydrogen (secondary N) is 1. The second kappa shape index (κ2) is 8.24. The van der Waals surface area contributed by atoms with E-state index in [0.717, 1.165) is 40.7 Å². The number of ether oxygens (including phenoxy) is 2. The molecule has 0 atom stereocenters. The van der Waals surface area contributed by atoms with Crippen molar-refractivity contribution in [2.24, 2.45) is 4.99 Å². The smallest absolute Gasteiger partial charge is 0.142 e. The summed E-state index contributed by atoms with van der Waals surface area (Å²) in [6, 6.07) is 11.7. The van der Waals surface area contributed by atoms with E-state index in [4.69, 9.17) is 9.47 Å². The third kappa shape index (κ3) is 4.19. The van der Waals surface area contributed by atoms with Gasteiger partial charge in [-0.3, -0.25) is 0 Å². The van der Waals surface area contributed by atoms with Crippen molar-refractivity contribution in [2.75, 3.05) is 33.1 Å². The van der Waals surface area contributed by atoms with Gasteiger partial charge in [0.1, 0.15) is 11.5 Å². The quantitative estimate of drug-likeness (QED) is 0.606. The largest absolute Gasteiger partial charge is 0.497 e. The molecule has 0 aliphatic carbocycles. The standard InChI is InChI=1S/C19H25N3O2/c1-6-22(3)13-20-17-11-15(23-4)12-18(14(17)2)21-16-9-7-8-10-19(16)24-5/h7-13,21H,6H2,1-5H3. The average molecular weight is 327 g/mol. The Bertz CT molecular complexity index is 714. The first-order valence-electron chi connectivity index (χ1n) is 7.92. The summed E-state index contributed by atoms with van der Waals surface area (Å²) in [5.41, 5.74) is 3.75. The first-order chi connectivity index (χ1) is 11.6. The molecule has 5 heteroatoms. The Morgan fingerprint density at radius 2 is 1.88 bits per heavy atom. The van der Waals surface area contributed by atoms with Gasteiger partial charge in [0.05, 0.1) is 31.9 Å². The first-order valence-corrected chi connectivity index (χ1v) is 7.92. The minimum Gasteiger partial charge on any atom is -0.497 e. The number of rotatable bonds is 7. The second-order valence-corrected chi connectivity index (χ2v) is 5.46. The van der Waals surface area contributed by atoms with Gasteiger partial charge in [-0.15, -0.1) is 0 Å². The summed E-state index contributed by atoms with van der Waals surface area (Å²) >= 11 is 0. The Hall–Kier alpha value is -2.69. The molecular weight excluding hydrogens is 302 g/mol. The van der Waals surface area contributed by atoms with Crippen LogP contribution in [0.25, 0.3) is 0 Å². The molecule has 0 aliphatic heterocycles. The van der Waals surface area contributed by atoms with Crippen LogP contribution in [0.4, 0.5) is 17.1 Å². The number of benzene rings is 2. The zero-order chi connectivity index (χ0) is 17.5. The summed E-state index contributed by atoms with van der Waals surface area (Å²) in [6.07, 6.45) is 1.83. The van der Waals surface area contributed by atoms with E-state index in [2.05, 4.69) is 17.2 Å². The highest BCUT2D eigenvalue weighted by atomic mass is 16.5. The molecule has 0 saturated heterocycles. The molecule has 2 aromatic rings. The van der Waals surface area contributed by atoms with Crippen molar-refractivity contribution in [3.8, 4) is 11.5 Å². The van der Waals surface area contributed by atoms with E-state index in [-0.39, 0.29) is 0 Å². The highest BCUT2D eigenvalue weighted by Gasteiger charge is 2.10.